The predicted molar refractivity (Wildman–Crippen MR) is 82.6 cm³/mol. The van der Waals surface area contributed by atoms with Crippen LogP contribution in [0.5, 0.6) is 0 Å². The molecule has 0 spiro atoms. The molecule has 1 saturated carbocycles. The highest BCUT2D eigenvalue weighted by molar-refractivity contribution is 5.92. The lowest BCUT2D eigenvalue weighted by atomic mass is 10.1. The molecule has 0 aliphatic heterocycles. The van der Waals surface area contributed by atoms with E-state index in [0.717, 1.165) is 12.8 Å². The molecule has 2 rings (SSSR count). The van der Waals surface area contributed by atoms with Gasteiger partial charge in [-0.05, 0) is 38.7 Å². The molecule has 0 saturated heterocycles. The topological polar surface area (TPSA) is 58.2 Å². The van der Waals surface area contributed by atoms with Crippen LogP contribution in [0, 0.1) is 11.8 Å². The van der Waals surface area contributed by atoms with E-state index in [9.17, 15) is 9.59 Å². The van der Waals surface area contributed by atoms with Gasteiger partial charge in [0, 0.05) is 12.6 Å². The maximum Gasteiger partial charge on any atom is 0.224 e. The Morgan fingerprint density at radius 1 is 1.14 bits per heavy atom. The highest BCUT2D eigenvalue weighted by Gasteiger charge is 2.47. The molecule has 0 radical (unpaired) electrons. The third-order valence-electron chi connectivity index (χ3n) is 3.68. The molecule has 4 heteroatoms. The number of aryl methyl sites for hydroxylation is 1. The van der Waals surface area contributed by atoms with Crippen molar-refractivity contribution in [2.75, 3.05) is 6.54 Å². The molecule has 1 aromatic carbocycles. The summed E-state index contributed by atoms with van der Waals surface area (Å²) in [6, 6.07) is 10.4. The quantitative estimate of drug-likeness (QED) is 0.753. The molecule has 1 aliphatic rings. The summed E-state index contributed by atoms with van der Waals surface area (Å²) in [6.07, 6.45) is 2.57. The fraction of sp³-hybridized carbons (Fsp3) is 0.529. The van der Waals surface area contributed by atoms with Crippen LogP contribution in [0.25, 0.3) is 0 Å². The first-order valence-corrected chi connectivity index (χ1v) is 7.70. The first-order valence-electron chi connectivity index (χ1n) is 7.70. The summed E-state index contributed by atoms with van der Waals surface area (Å²) >= 11 is 0. The van der Waals surface area contributed by atoms with Gasteiger partial charge in [0.05, 0.1) is 11.8 Å². The van der Waals surface area contributed by atoms with Crippen molar-refractivity contribution in [3.8, 4) is 0 Å². The molecular weight excluding hydrogens is 264 g/mol. The van der Waals surface area contributed by atoms with Crippen molar-refractivity contribution in [2.45, 2.75) is 39.2 Å². The van der Waals surface area contributed by atoms with Crippen LogP contribution in [-0.4, -0.2) is 24.4 Å². The van der Waals surface area contributed by atoms with Crippen LogP contribution >= 0.6 is 0 Å². The van der Waals surface area contributed by atoms with Gasteiger partial charge in [0.25, 0.3) is 0 Å². The third kappa shape index (κ3) is 4.88. The molecule has 2 amide bonds. The molecule has 1 aromatic rings. The Bertz CT molecular complexity index is 485. The molecule has 0 aromatic heterocycles. The largest absolute Gasteiger partial charge is 0.356 e. The lowest BCUT2D eigenvalue weighted by Gasteiger charge is -2.08. The van der Waals surface area contributed by atoms with Crippen LogP contribution in [0.3, 0.4) is 0 Å². The zero-order chi connectivity index (χ0) is 15.2. The van der Waals surface area contributed by atoms with E-state index < -0.39 is 0 Å². The van der Waals surface area contributed by atoms with Gasteiger partial charge in [-0.1, -0.05) is 30.3 Å². The first-order chi connectivity index (χ1) is 10.1. The predicted octanol–water partition coefficient (Wildman–Crippen LogP) is 1.90. The molecular formula is C17H24N2O2. The van der Waals surface area contributed by atoms with Gasteiger partial charge >= 0.3 is 0 Å². The van der Waals surface area contributed by atoms with E-state index in [1.165, 1.54) is 5.56 Å². The fourth-order valence-electron chi connectivity index (χ4n) is 2.45. The summed E-state index contributed by atoms with van der Waals surface area (Å²) in [5, 5.41) is 5.79. The van der Waals surface area contributed by atoms with Gasteiger partial charge in [-0.2, -0.15) is 0 Å². The van der Waals surface area contributed by atoms with E-state index in [2.05, 4.69) is 22.8 Å². The number of carbonyl (C=O) groups is 2. The number of nitrogens with one attached hydrogen (secondary N) is 2. The van der Waals surface area contributed by atoms with E-state index in [1.807, 2.05) is 32.0 Å². The van der Waals surface area contributed by atoms with Crippen LogP contribution in [-0.2, 0) is 16.0 Å². The zero-order valence-corrected chi connectivity index (χ0v) is 12.8. The standard InChI is InChI=1S/C17H24N2O2/c1-12(2)19-17(21)15-11-14(15)16(20)18-10-6-9-13-7-4-3-5-8-13/h3-5,7-8,12,14-15H,6,9-11H2,1-2H3,(H,18,20)(H,19,21). The Morgan fingerprint density at radius 2 is 1.81 bits per heavy atom. The van der Waals surface area contributed by atoms with Crippen molar-refractivity contribution < 1.29 is 9.59 Å². The normalized spacial score (nSPS) is 20.1. The smallest absolute Gasteiger partial charge is 0.224 e. The van der Waals surface area contributed by atoms with Gasteiger partial charge in [0.2, 0.25) is 11.8 Å². The minimum Gasteiger partial charge on any atom is -0.356 e. The summed E-state index contributed by atoms with van der Waals surface area (Å²) in [7, 11) is 0. The highest BCUT2D eigenvalue weighted by Crippen LogP contribution is 2.38. The lowest BCUT2D eigenvalue weighted by molar-refractivity contribution is -0.127. The number of hydrogen-bond acceptors (Lipinski definition) is 2. The lowest BCUT2D eigenvalue weighted by Crippen LogP contribution is -2.34. The fourth-order valence-corrected chi connectivity index (χ4v) is 2.45. The van der Waals surface area contributed by atoms with Gasteiger partial charge in [0.1, 0.15) is 0 Å². The van der Waals surface area contributed by atoms with E-state index in [-0.39, 0.29) is 29.7 Å². The average Bonchev–Trinajstić information content (AvgIpc) is 3.24. The molecule has 0 heterocycles. The average molecular weight is 288 g/mol. The van der Waals surface area contributed by atoms with Crippen molar-refractivity contribution in [1.29, 1.82) is 0 Å². The van der Waals surface area contributed by atoms with Crippen molar-refractivity contribution in [3.05, 3.63) is 35.9 Å². The molecule has 1 fully saturated rings. The van der Waals surface area contributed by atoms with Gasteiger partial charge in [-0.25, -0.2) is 0 Å². The summed E-state index contributed by atoms with van der Waals surface area (Å²) in [6.45, 7) is 4.53. The molecule has 2 unspecified atom stereocenters. The van der Waals surface area contributed by atoms with Gasteiger partial charge in [-0.15, -0.1) is 0 Å². The second-order valence-electron chi connectivity index (χ2n) is 5.99. The number of amides is 2. The minimum absolute atomic E-state index is 0.00874. The Hall–Kier alpha value is -1.84. The highest BCUT2D eigenvalue weighted by atomic mass is 16.2. The molecule has 4 nitrogen and oxygen atoms in total. The van der Waals surface area contributed by atoms with E-state index in [0.29, 0.717) is 13.0 Å². The zero-order valence-electron chi connectivity index (χ0n) is 12.8. The van der Waals surface area contributed by atoms with Crippen molar-refractivity contribution in [1.82, 2.24) is 10.6 Å². The molecule has 21 heavy (non-hydrogen) atoms. The number of hydrogen-bond donors (Lipinski definition) is 2. The third-order valence-corrected chi connectivity index (χ3v) is 3.68. The second kappa shape index (κ2) is 7.25. The number of carbonyl (C=O) groups excluding carboxylic acids is 2. The molecule has 2 atom stereocenters. The SMILES string of the molecule is CC(C)NC(=O)C1CC1C(=O)NCCCc1ccccc1. The number of rotatable bonds is 7. The van der Waals surface area contributed by atoms with Crippen LogP contribution in [0.4, 0.5) is 0 Å². The molecule has 2 N–H and O–H groups in total. The van der Waals surface area contributed by atoms with Crippen molar-refractivity contribution in [3.63, 3.8) is 0 Å². The van der Waals surface area contributed by atoms with Crippen LogP contribution in [0.1, 0.15) is 32.3 Å². The van der Waals surface area contributed by atoms with Crippen LogP contribution < -0.4 is 10.6 Å². The summed E-state index contributed by atoms with van der Waals surface area (Å²) < 4.78 is 0. The maximum atomic E-state index is 11.9. The number of benzene rings is 1. The Morgan fingerprint density at radius 3 is 2.48 bits per heavy atom. The Kier molecular flexibility index (Phi) is 5.37. The molecule has 1 aliphatic carbocycles. The first kappa shape index (κ1) is 15.5. The van der Waals surface area contributed by atoms with E-state index >= 15 is 0 Å². The van der Waals surface area contributed by atoms with Crippen LogP contribution in [0.15, 0.2) is 30.3 Å². The van der Waals surface area contributed by atoms with Crippen LogP contribution in [0.2, 0.25) is 0 Å². The Balaban J connectivity index is 1.62. The maximum absolute atomic E-state index is 11.9. The van der Waals surface area contributed by atoms with Crippen molar-refractivity contribution in [2.24, 2.45) is 11.8 Å². The second-order valence-corrected chi connectivity index (χ2v) is 5.99. The monoisotopic (exact) mass is 288 g/mol. The minimum atomic E-state index is -0.125. The van der Waals surface area contributed by atoms with E-state index in [1.54, 1.807) is 0 Å². The van der Waals surface area contributed by atoms with Crippen molar-refractivity contribution >= 4 is 11.8 Å². The Labute approximate surface area is 126 Å². The van der Waals surface area contributed by atoms with Gasteiger partial charge in [0.15, 0.2) is 0 Å². The molecule has 114 valence electrons. The molecule has 0 bridgehead atoms. The summed E-state index contributed by atoms with van der Waals surface area (Å²) in [5.41, 5.74) is 1.28. The summed E-state index contributed by atoms with van der Waals surface area (Å²) in [4.78, 5) is 23.7. The summed E-state index contributed by atoms with van der Waals surface area (Å²) in [5.74, 6) is -0.219. The van der Waals surface area contributed by atoms with Gasteiger partial charge < -0.3 is 10.6 Å². The van der Waals surface area contributed by atoms with Gasteiger partial charge in [-0.3, -0.25) is 9.59 Å². The van der Waals surface area contributed by atoms with E-state index in [4.69, 9.17) is 0 Å².